The molecule has 0 unspecified atom stereocenters. The molecule has 0 heterocycles. The van der Waals surface area contributed by atoms with Gasteiger partial charge >= 0.3 is 0 Å². The summed E-state index contributed by atoms with van der Waals surface area (Å²) in [5.41, 5.74) is 2.01. The van der Waals surface area contributed by atoms with Crippen LogP contribution in [0.4, 0.5) is 0 Å². The number of carbonyl (C=O) groups is 1. The maximum atomic E-state index is 13.1. The highest BCUT2D eigenvalue weighted by Crippen LogP contribution is 2.34. The summed E-state index contributed by atoms with van der Waals surface area (Å²) >= 11 is 0. The highest BCUT2D eigenvalue weighted by Gasteiger charge is 2.22. The van der Waals surface area contributed by atoms with Crippen molar-refractivity contribution < 1.29 is 14.3 Å². The average Bonchev–Trinajstić information content (AvgIpc) is 2.67. The predicted octanol–water partition coefficient (Wildman–Crippen LogP) is 4.79. The number of unbranched alkanes of at least 4 members (excludes halogenated alkanes) is 2. The van der Waals surface area contributed by atoms with Crippen LogP contribution in [0.5, 0.6) is 11.5 Å². The van der Waals surface area contributed by atoms with Crippen molar-refractivity contribution in [3.8, 4) is 36.2 Å². The van der Waals surface area contributed by atoms with Crippen molar-refractivity contribution in [1.82, 2.24) is 4.90 Å². The zero-order valence-electron chi connectivity index (χ0n) is 17.3. The van der Waals surface area contributed by atoms with Gasteiger partial charge in [0.05, 0.1) is 31.9 Å². The smallest absolute Gasteiger partial charge is 0.259 e. The lowest BCUT2D eigenvalue weighted by atomic mass is 10.0. The molecule has 1 rings (SSSR count). The lowest BCUT2D eigenvalue weighted by molar-refractivity contribution is 0.0791. The van der Waals surface area contributed by atoms with Gasteiger partial charge in [0.2, 0.25) is 0 Å². The zero-order valence-corrected chi connectivity index (χ0v) is 17.3. The van der Waals surface area contributed by atoms with E-state index in [2.05, 4.69) is 32.3 Å². The van der Waals surface area contributed by atoms with Gasteiger partial charge in [-0.15, -0.1) is 12.8 Å². The standard InChI is InChI=1S/C24H31NO3/c1-7-11-15-27-22-18-23(28-16-12-8-2)21(17-20(22)19(5)6)24(26)25(13-9-3)14-10-4/h3-4,17-18H,5,7-8,11-16H2,1-2,6H3. The number of carbonyl (C=O) groups excluding carboxylic acids is 1. The molecule has 0 N–H and O–H groups in total. The van der Waals surface area contributed by atoms with E-state index < -0.39 is 0 Å². The third-order valence-electron chi connectivity index (χ3n) is 4.13. The Balaban J connectivity index is 3.38. The van der Waals surface area contributed by atoms with Gasteiger partial charge < -0.3 is 14.4 Å². The average molecular weight is 382 g/mol. The van der Waals surface area contributed by atoms with Crippen LogP contribution in [0, 0.1) is 24.7 Å². The lowest BCUT2D eigenvalue weighted by Gasteiger charge is -2.22. The van der Waals surface area contributed by atoms with Crippen LogP contribution in [-0.4, -0.2) is 37.1 Å². The van der Waals surface area contributed by atoms with Crippen molar-refractivity contribution >= 4 is 11.5 Å². The Morgan fingerprint density at radius 3 is 1.93 bits per heavy atom. The summed E-state index contributed by atoms with van der Waals surface area (Å²) in [5.74, 6) is 5.86. The molecule has 1 aromatic rings. The monoisotopic (exact) mass is 381 g/mol. The molecular formula is C24H31NO3. The molecule has 0 bridgehead atoms. The highest BCUT2D eigenvalue weighted by atomic mass is 16.5. The minimum Gasteiger partial charge on any atom is -0.493 e. The van der Waals surface area contributed by atoms with Gasteiger partial charge in [0, 0.05) is 11.6 Å². The number of benzene rings is 1. The van der Waals surface area contributed by atoms with E-state index in [1.807, 2.05) is 6.92 Å². The zero-order chi connectivity index (χ0) is 20.9. The SMILES string of the molecule is C#CCN(CC#C)C(=O)c1cc(C(=C)C)c(OCCCC)cc1OCCCC. The normalized spacial score (nSPS) is 9.89. The molecule has 28 heavy (non-hydrogen) atoms. The second kappa shape index (κ2) is 12.5. The van der Waals surface area contributed by atoms with E-state index in [0.29, 0.717) is 30.3 Å². The van der Waals surface area contributed by atoms with Gasteiger partial charge in [0.15, 0.2) is 0 Å². The Hall–Kier alpha value is -2.85. The van der Waals surface area contributed by atoms with Gasteiger partial charge in [0.25, 0.3) is 5.91 Å². The Morgan fingerprint density at radius 2 is 1.50 bits per heavy atom. The second-order valence-electron chi connectivity index (χ2n) is 6.60. The fourth-order valence-corrected chi connectivity index (χ4v) is 2.54. The summed E-state index contributed by atoms with van der Waals surface area (Å²) < 4.78 is 11.9. The predicted molar refractivity (Wildman–Crippen MR) is 116 cm³/mol. The van der Waals surface area contributed by atoms with Crippen molar-refractivity contribution in [1.29, 1.82) is 0 Å². The van der Waals surface area contributed by atoms with E-state index in [9.17, 15) is 4.79 Å². The van der Waals surface area contributed by atoms with Crippen LogP contribution >= 0.6 is 0 Å². The fraction of sp³-hybridized carbons (Fsp3) is 0.458. The Bertz CT molecular complexity index is 736. The van der Waals surface area contributed by atoms with Crippen LogP contribution < -0.4 is 9.47 Å². The minimum absolute atomic E-state index is 0.134. The summed E-state index contributed by atoms with van der Waals surface area (Å²) in [5, 5.41) is 0. The number of rotatable bonds is 12. The molecule has 0 aliphatic rings. The number of ether oxygens (including phenoxy) is 2. The van der Waals surface area contributed by atoms with Gasteiger partial charge in [-0.3, -0.25) is 4.79 Å². The molecule has 0 fully saturated rings. The summed E-state index contributed by atoms with van der Waals surface area (Å²) in [7, 11) is 0. The third kappa shape index (κ3) is 6.71. The Labute approximate surface area is 169 Å². The molecule has 1 aromatic carbocycles. The number of terminal acetylenes is 2. The quantitative estimate of drug-likeness (QED) is 0.386. The fourth-order valence-electron chi connectivity index (χ4n) is 2.54. The first-order valence-electron chi connectivity index (χ1n) is 9.75. The molecule has 0 aliphatic carbocycles. The van der Waals surface area contributed by atoms with Gasteiger partial charge in [-0.1, -0.05) is 45.1 Å². The lowest BCUT2D eigenvalue weighted by Crippen LogP contribution is -2.32. The highest BCUT2D eigenvalue weighted by molar-refractivity contribution is 5.98. The summed E-state index contributed by atoms with van der Waals surface area (Å²) in [4.78, 5) is 14.6. The third-order valence-corrected chi connectivity index (χ3v) is 4.13. The van der Waals surface area contributed by atoms with Gasteiger partial charge in [-0.25, -0.2) is 0 Å². The summed E-state index contributed by atoms with van der Waals surface area (Å²) in [6.07, 6.45) is 14.7. The number of nitrogens with zero attached hydrogens (tertiary/aromatic N) is 1. The van der Waals surface area contributed by atoms with Crippen LogP contribution in [-0.2, 0) is 0 Å². The van der Waals surface area contributed by atoms with E-state index >= 15 is 0 Å². The maximum absolute atomic E-state index is 13.1. The first kappa shape index (κ1) is 23.2. The molecule has 150 valence electrons. The van der Waals surface area contributed by atoms with Gasteiger partial charge in [-0.2, -0.15) is 0 Å². The van der Waals surface area contributed by atoms with E-state index in [0.717, 1.165) is 36.8 Å². The Kier molecular flexibility index (Phi) is 10.4. The van der Waals surface area contributed by atoms with Crippen molar-refractivity contribution in [3.63, 3.8) is 0 Å². The van der Waals surface area contributed by atoms with E-state index in [1.54, 1.807) is 12.1 Å². The van der Waals surface area contributed by atoms with Crippen LogP contribution in [0.25, 0.3) is 5.57 Å². The number of hydrogen-bond donors (Lipinski definition) is 0. The van der Waals surface area contributed by atoms with E-state index in [4.69, 9.17) is 22.3 Å². The summed E-state index contributed by atoms with van der Waals surface area (Å²) in [6, 6.07) is 3.56. The van der Waals surface area contributed by atoms with Gasteiger partial charge in [0.1, 0.15) is 11.5 Å². The van der Waals surface area contributed by atoms with Crippen molar-refractivity contribution in [3.05, 3.63) is 29.8 Å². The molecule has 0 aliphatic heterocycles. The van der Waals surface area contributed by atoms with E-state index in [1.165, 1.54) is 4.90 Å². The van der Waals surface area contributed by atoms with Crippen LogP contribution in [0.3, 0.4) is 0 Å². The van der Waals surface area contributed by atoms with E-state index in [-0.39, 0.29) is 19.0 Å². The molecule has 4 heteroatoms. The maximum Gasteiger partial charge on any atom is 0.259 e. The number of hydrogen-bond acceptors (Lipinski definition) is 3. The molecule has 0 atom stereocenters. The molecule has 0 spiro atoms. The molecule has 0 radical (unpaired) electrons. The van der Waals surface area contributed by atoms with Crippen molar-refractivity contribution in [2.45, 2.75) is 46.5 Å². The first-order valence-corrected chi connectivity index (χ1v) is 9.75. The van der Waals surface area contributed by atoms with Crippen molar-refractivity contribution in [2.75, 3.05) is 26.3 Å². The topological polar surface area (TPSA) is 38.8 Å². The van der Waals surface area contributed by atoms with Gasteiger partial charge in [-0.05, 0) is 31.4 Å². The minimum atomic E-state index is -0.259. The molecule has 4 nitrogen and oxygen atoms in total. The first-order chi connectivity index (χ1) is 13.5. The molecule has 0 saturated carbocycles. The van der Waals surface area contributed by atoms with Crippen LogP contribution in [0.1, 0.15) is 62.4 Å². The molecule has 0 aromatic heterocycles. The Morgan fingerprint density at radius 1 is 1.00 bits per heavy atom. The molecule has 1 amide bonds. The molecular weight excluding hydrogens is 350 g/mol. The second-order valence-corrected chi connectivity index (χ2v) is 6.60. The van der Waals surface area contributed by atoms with Crippen LogP contribution in [0.2, 0.25) is 0 Å². The largest absolute Gasteiger partial charge is 0.493 e. The number of amides is 1. The molecule has 0 saturated heterocycles. The van der Waals surface area contributed by atoms with Crippen molar-refractivity contribution in [2.24, 2.45) is 0 Å². The number of allylic oxidation sites excluding steroid dienone is 1. The van der Waals surface area contributed by atoms with Crippen LogP contribution in [0.15, 0.2) is 18.7 Å². The summed E-state index contributed by atoms with van der Waals surface area (Å²) in [6.45, 7) is 11.5.